The van der Waals surface area contributed by atoms with Crippen LogP contribution in [-0.4, -0.2) is 25.5 Å². The third-order valence-corrected chi connectivity index (χ3v) is 6.73. The van der Waals surface area contributed by atoms with Gasteiger partial charge < -0.3 is 28.7 Å². The first-order valence-electron chi connectivity index (χ1n) is 14.4. The van der Waals surface area contributed by atoms with Crippen LogP contribution in [0.2, 0.25) is 0 Å². The Hall–Kier alpha value is -6.28. The van der Waals surface area contributed by atoms with E-state index in [1.165, 1.54) is 0 Å². The maximum Gasteiger partial charge on any atom is 0.333 e. The zero-order valence-corrected chi connectivity index (χ0v) is 25.0. The second-order valence-corrected chi connectivity index (χ2v) is 9.71. The average molecular weight is 613 g/mol. The van der Waals surface area contributed by atoms with Crippen LogP contribution < -0.4 is 19.3 Å². The first kappa shape index (κ1) is 31.2. The summed E-state index contributed by atoms with van der Waals surface area (Å²) in [6, 6.07) is 43.3. The summed E-state index contributed by atoms with van der Waals surface area (Å²) >= 11 is 0. The van der Waals surface area contributed by atoms with Gasteiger partial charge in [0.1, 0.15) is 11.5 Å². The Morgan fingerprint density at radius 3 is 1.20 bits per heavy atom. The van der Waals surface area contributed by atoms with Gasteiger partial charge in [-0.05, 0) is 72.8 Å². The molecule has 8 heteroatoms. The summed E-state index contributed by atoms with van der Waals surface area (Å²) in [4.78, 5) is 27.1. The number of ether oxygens (including phenoxy) is 4. The SMILES string of the molecule is C=CC(=O)OCOc1cccc(N(c2ccccc2)c2ccc(N(c3ccccc3)c3cccc(OCOC(=O)C=C)c3)cc2)c1. The van der Waals surface area contributed by atoms with Crippen LogP contribution >= 0.6 is 0 Å². The zero-order chi connectivity index (χ0) is 32.1. The average Bonchev–Trinajstić information content (AvgIpc) is 3.10. The lowest BCUT2D eigenvalue weighted by molar-refractivity contribution is -0.145. The molecule has 0 radical (unpaired) electrons. The monoisotopic (exact) mass is 612 g/mol. The molecule has 5 aromatic rings. The van der Waals surface area contributed by atoms with E-state index in [9.17, 15) is 9.59 Å². The normalized spacial score (nSPS) is 10.3. The zero-order valence-electron chi connectivity index (χ0n) is 25.0. The van der Waals surface area contributed by atoms with Crippen molar-refractivity contribution in [3.63, 3.8) is 0 Å². The van der Waals surface area contributed by atoms with E-state index in [0.717, 1.165) is 46.3 Å². The summed E-state index contributed by atoms with van der Waals surface area (Å²) in [6.07, 6.45) is 2.18. The fourth-order valence-corrected chi connectivity index (χ4v) is 4.65. The fraction of sp³-hybridized carbons (Fsp3) is 0.0526. The standard InChI is InChI=1S/C38H32N2O6/c1-3-37(41)45-27-43-35-19-11-17-33(25-35)39(29-13-7-5-8-14-29)31-21-23-32(24-22-31)40(30-15-9-6-10-16-30)34-18-12-20-36(26-34)44-28-46-38(42)4-2/h3-26H,1-2,27-28H2. The number of hydrogen-bond acceptors (Lipinski definition) is 8. The van der Waals surface area contributed by atoms with Crippen LogP contribution in [0.25, 0.3) is 0 Å². The number of anilines is 6. The van der Waals surface area contributed by atoms with Crippen LogP contribution in [0.5, 0.6) is 11.5 Å². The van der Waals surface area contributed by atoms with Gasteiger partial charge in [0.15, 0.2) is 0 Å². The molecule has 5 aromatic carbocycles. The van der Waals surface area contributed by atoms with Crippen molar-refractivity contribution in [3.8, 4) is 11.5 Å². The molecular weight excluding hydrogens is 580 g/mol. The van der Waals surface area contributed by atoms with E-state index in [2.05, 4.69) is 23.0 Å². The first-order chi connectivity index (χ1) is 22.6. The van der Waals surface area contributed by atoms with Gasteiger partial charge in [-0.25, -0.2) is 9.59 Å². The lowest BCUT2D eigenvalue weighted by atomic mass is 10.1. The largest absolute Gasteiger partial charge is 0.457 e. The number of carbonyl (C=O) groups is 2. The van der Waals surface area contributed by atoms with Crippen LogP contribution in [0.1, 0.15) is 0 Å². The van der Waals surface area contributed by atoms with E-state index in [1.54, 1.807) is 12.1 Å². The maximum atomic E-state index is 11.4. The van der Waals surface area contributed by atoms with Gasteiger partial charge in [0.25, 0.3) is 0 Å². The van der Waals surface area contributed by atoms with Gasteiger partial charge in [-0.1, -0.05) is 61.7 Å². The molecule has 0 amide bonds. The Morgan fingerprint density at radius 1 is 0.478 bits per heavy atom. The fourth-order valence-electron chi connectivity index (χ4n) is 4.65. The number of nitrogens with zero attached hydrogens (tertiary/aromatic N) is 2. The van der Waals surface area contributed by atoms with Crippen molar-refractivity contribution in [2.75, 3.05) is 23.4 Å². The topological polar surface area (TPSA) is 77.5 Å². The van der Waals surface area contributed by atoms with Crippen LogP contribution in [0.15, 0.2) is 159 Å². The summed E-state index contributed by atoms with van der Waals surface area (Å²) in [7, 11) is 0. The third-order valence-electron chi connectivity index (χ3n) is 6.73. The molecule has 0 spiro atoms. The molecule has 0 saturated carbocycles. The molecule has 0 aromatic heterocycles. The quantitative estimate of drug-likeness (QED) is 0.0700. The molecule has 0 saturated heterocycles. The van der Waals surface area contributed by atoms with Crippen molar-refractivity contribution in [3.05, 3.63) is 159 Å². The second-order valence-electron chi connectivity index (χ2n) is 9.71. The predicted octanol–water partition coefficient (Wildman–Crippen LogP) is 8.76. The molecule has 0 aliphatic rings. The number of carbonyl (C=O) groups excluding carboxylic acids is 2. The molecule has 46 heavy (non-hydrogen) atoms. The molecule has 230 valence electrons. The number of hydrogen-bond donors (Lipinski definition) is 0. The van der Waals surface area contributed by atoms with Crippen LogP contribution in [0.3, 0.4) is 0 Å². The minimum Gasteiger partial charge on any atom is -0.457 e. The van der Waals surface area contributed by atoms with Crippen molar-refractivity contribution in [2.45, 2.75) is 0 Å². The van der Waals surface area contributed by atoms with E-state index >= 15 is 0 Å². The van der Waals surface area contributed by atoms with Crippen molar-refractivity contribution >= 4 is 46.1 Å². The minimum absolute atomic E-state index is 0.226. The van der Waals surface area contributed by atoms with Crippen molar-refractivity contribution in [1.82, 2.24) is 0 Å². The Kier molecular flexibility index (Phi) is 10.5. The molecule has 0 bridgehead atoms. The Labute approximate surface area is 267 Å². The highest BCUT2D eigenvalue weighted by molar-refractivity contribution is 5.82. The molecule has 5 rings (SSSR count). The van der Waals surface area contributed by atoms with E-state index in [4.69, 9.17) is 18.9 Å². The van der Waals surface area contributed by atoms with E-state index in [0.29, 0.717) is 11.5 Å². The molecule has 0 aliphatic carbocycles. The lowest BCUT2D eigenvalue weighted by Crippen LogP contribution is -2.13. The summed E-state index contributed by atoms with van der Waals surface area (Å²) in [5, 5.41) is 0. The predicted molar refractivity (Wildman–Crippen MR) is 179 cm³/mol. The highest BCUT2D eigenvalue weighted by atomic mass is 16.7. The molecular formula is C38H32N2O6. The van der Waals surface area contributed by atoms with E-state index in [1.807, 2.05) is 121 Å². The second kappa shape index (κ2) is 15.4. The summed E-state index contributed by atoms with van der Waals surface area (Å²) in [5.41, 5.74) is 5.44. The summed E-state index contributed by atoms with van der Waals surface area (Å²) in [6.45, 7) is 6.35. The van der Waals surface area contributed by atoms with Crippen LogP contribution in [0.4, 0.5) is 34.1 Å². The van der Waals surface area contributed by atoms with Crippen molar-refractivity contribution < 1.29 is 28.5 Å². The Balaban J connectivity index is 1.46. The highest BCUT2D eigenvalue weighted by Crippen LogP contribution is 2.40. The molecule has 0 fully saturated rings. The summed E-state index contributed by atoms with van der Waals surface area (Å²) in [5.74, 6) is -0.0213. The van der Waals surface area contributed by atoms with Crippen molar-refractivity contribution in [2.24, 2.45) is 0 Å². The van der Waals surface area contributed by atoms with E-state index < -0.39 is 11.9 Å². The molecule has 0 atom stereocenters. The molecule has 0 heterocycles. The van der Waals surface area contributed by atoms with Crippen molar-refractivity contribution in [1.29, 1.82) is 0 Å². The third kappa shape index (κ3) is 8.00. The van der Waals surface area contributed by atoms with Gasteiger partial charge in [-0.3, -0.25) is 0 Å². The maximum absolute atomic E-state index is 11.4. The number of benzene rings is 5. The summed E-state index contributed by atoms with van der Waals surface area (Å²) < 4.78 is 21.3. The van der Waals surface area contributed by atoms with Crippen LogP contribution in [-0.2, 0) is 19.1 Å². The van der Waals surface area contributed by atoms with Gasteiger partial charge in [-0.2, -0.15) is 0 Å². The molecule has 0 N–H and O–H groups in total. The van der Waals surface area contributed by atoms with Gasteiger partial charge in [0.2, 0.25) is 13.6 Å². The molecule has 0 unspecified atom stereocenters. The highest BCUT2D eigenvalue weighted by Gasteiger charge is 2.17. The Bertz CT molecular complexity index is 1640. The molecule has 8 nitrogen and oxygen atoms in total. The molecule has 0 aliphatic heterocycles. The first-order valence-corrected chi connectivity index (χ1v) is 14.4. The van der Waals surface area contributed by atoms with Gasteiger partial charge in [-0.15, -0.1) is 0 Å². The van der Waals surface area contributed by atoms with Gasteiger partial charge in [0, 0.05) is 58.4 Å². The minimum atomic E-state index is -0.556. The smallest absolute Gasteiger partial charge is 0.333 e. The Morgan fingerprint density at radius 2 is 0.826 bits per heavy atom. The van der Waals surface area contributed by atoms with Crippen LogP contribution in [0, 0.1) is 0 Å². The van der Waals surface area contributed by atoms with Gasteiger partial charge >= 0.3 is 11.9 Å². The van der Waals surface area contributed by atoms with E-state index in [-0.39, 0.29) is 13.6 Å². The van der Waals surface area contributed by atoms with Gasteiger partial charge in [0.05, 0.1) is 0 Å². The number of para-hydroxylation sites is 2. The number of rotatable bonds is 14. The number of esters is 2. The lowest BCUT2D eigenvalue weighted by Gasteiger charge is -2.28.